The Morgan fingerprint density at radius 2 is 1.82 bits per heavy atom. The topological polar surface area (TPSA) is 54.8 Å². The third-order valence-corrected chi connectivity index (χ3v) is 7.32. The number of thioether (sulfide) groups is 1. The highest BCUT2D eigenvalue weighted by atomic mass is 35.5. The number of carbonyl (C=O) groups is 1. The number of fused-ring (bicyclic) bond motifs is 1. The molecule has 3 aromatic carbocycles. The molecule has 5 rings (SSSR count). The summed E-state index contributed by atoms with van der Waals surface area (Å²) in [5.74, 6) is 1.12. The number of rotatable bonds is 6. The first kappa shape index (κ1) is 21.7. The van der Waals surface area contributed by atoms with Crippen molar-refractivity contribution in [1.29, 1.82) is 0 Å². The van der Waals surface area contributed by atoms with Crippen LogP contribution in [-0.4, -0.2) is 29.5 Å². The van der Waals surface area contributed by atoms with Gasteiger partial charge in [-0.15, -0.1) is 11.8 Å². The van der Waals surface area contributed by atoms with Gasteiger partial charge in [0.15, 0.2) is 0 Å². The third-order valence-electron chi connectivity index (χ3n) is 5.03. The van der Waals surface area contributed by atoms with Crippen molar-refractivity contribution in [2.45, 2.75) is 4.90 Å². The molecule has 0 spiro atoms. The molecule has 5 nitrogen and oxygen atoms in total. The molecule has 0 N–H and O–H groups in total. The standard InChI is InChI=1S/C25H18ClN3O2S2/c1-31-18-10-6-16(7-11-18)14-20-22(15-32-19-12-8-17(26)9-13-19)28-29(24(20)30)25-27-21-4-2-3-5-23(21)33-25/h2-14H,15H2,1H3/b20-14+. The molecule has 0 radical (unpaired) electrons. The average Bonchev–Trinajstić information content (AvgIpc) is 3.40. The van der Waals surface area contributed by atoms with Crippen LogP contribution in [0.15, 0.2) is 88.4 Å². The second kappa shape index (κ2) is 9.39. The van der Waals surface area contributed by atoms with E-state index in [1.54, 1.807) is 18.9 Å². The maximum atomic E-state index is 13.4. The Hall–Kier alpha value is -3.13. The van der Waals surface area contributed by atoms with Crippen LogP contribution in [0.1, 0.15) is 5.56 Å². The molecule has 164 valence electrons. The van der Waals surface area contributed by atoms with Crippen LogP contribution < -0.4 is 9.75 Å². The van der Waals surface area contributed by atoms with E-state index in [1.807, 2.05) is 78.9 Å². The van der Waals surface area contributed by atoms with Gasteiger partial charge in [0.2, 0.25) is 5.13 Å². The van der Waals surface area contributed by atoms with Crippen molar-refractivity contribution >= 4 is 67.7 Å². The number of hydrazone groups is 1. The summed E-state index contributed by atoms with van der Waals surface area (Å²) in [6, 6.07) is 23.0. The number of halogens is 1. The van der Waals surface area contributed by atoms with E-state index < -0.39 is 0 Å². The van der Waals surface area contributed by atoms with E-state index >= 15 is 0 Å². The van der Waals surface area contributed by atoms with Gasteiger partial charge < -0.3 is 4.74 Å². The fourth-order valence-corrected chi connectivity index (χ4v) is 5.23. The maximum Gasteiger partial charge on any atom is 0.282 e. The van der Waals surface area contributed by atoms with Crippen molar-refractivity contribution < 1.29 is 9.53 Å². The number of hydrogen-bond donors (Lipinski definition) is 0. The highest BCUT2D eigenvalue weighted by Gasteiger charge is 2.33. The molecule has 4 aromatic rings. The van der Waals surface area contributed by atoms with Crippen LogP contribution in [0.3, 0.4) is 0 Å². The Morgan fingerprint density at radius 3 is 2.55 bits per heavy atom. The van der Waals surface area contributed by atoms with Gasteiger partial charge >= 0.3 is 0 Å². The molecule has 2 heterocycles. The Kier molecular flexibility index (Phi) is 6.17. The van der Waals surface area contributed by atoms with Crippen molar-refractivity contribution in [3.63, 3.8) is 0 Å². The molecule has 1 aliphatic heterocycles. The number of anilines is 1. The summed E-state index contributed by atoms with van der Waals surface area (Å²) in [6.07, 6.45) is 1.87. The second-order valence-corrected chi connectivity index (χ2v) is 9.70. The number of ether oxygens (including phenoxy) is 1. The number of hydrogen-bond acceptors (Lipinski definition) is 6. The molecule has 0 bridgehead atoms. The first-order valence-corrected chi connectivity index (χ1v) is 12.3. The van der Waals surface area contributed by atoms with Crippen LogP contribution >= 0.6 is 34.7 Å². The molecule has 1 aliphatic rings. The lowest BCUT2D eigenvalue weighted by Gasteiger charge is -2.06. The van der Waals surface area contributed by atoms with Gasteiger partial charge in [0.25, 0.3) is 5.91 Å². The van der Waals surface area contributed by atoms with Crippen LogP contribution in [-0.2, 0) is 4.79 Å². The van der Waals surface area contributed by atoms with Gasteiger partial charge in [0.1, 0.15) is 5.75 Å². The SMILES string of the molecule is COc1ccc(/C=C2/C(=O)N(c3nc4ccccc4s3)N=C2CSc2ccc(Cl)cc2)cc1. The Morgan fingerprint density at radius 1 is 1.06 bits per heavy atom. The fraction of sp³-hybridized carbons (Fsp3) is 0.0800. The van der Waals surface area contributed by atoms with Gasteiger partial charge in [0, 0.05) is 15.7 Å². The largest absolute Gasteiger partial charge is 0.497 e. The number of methoxy groups -OCH3 is 1. The lowest BCUT2D eigenvalue weighted by molar-refractivity contribution is -0.114. The van der Waals surface area contributed by atoms with Crippen LogP contribution in [0.4, 0.5) is 5.13 Å². The van der Waals surface area contributed by atoms with Crippen molar-refractivity contribution in [3.8, 4) is 5.75 Å². The van der Waals surface area contributed by atoms with Gasteiger partial charge in [-0.25, -0.2) is 4.98 Å². The molecule has 0 atom stereocenters. The number of amides is 1. The van der Waals surface area contributed by atoms with Crippen molar-refractivity contribution in [3.05, 3.63) is 89.0 Å². The number of aromatic nitrogens is 1. The van der Waals surface area contributed by atoms with E-state index in [9.17, 15) is 4.79 Å². The zero-order valence-electron chi connectivity index (χ0n) is 17.6. The van der Waals surface area contributed by atoms with E-state index in [1.165, 1.54) is 16.3 Å². The Bertz CT molecular complexity index is 1350. The summed E-state index contributed by atoms with van der Waals surface area (Å²) in [6.45, 7) is 0. The van der Waals surface area contributed by atoms with Crippen LogP contribution in [0.2, 0.25) is 5.02 Å². The zero-order chi connectivity index (χ0) is 22.8. The highest BCUT2D eigenvalue weighted by molar-refractivity contribution is 8.00. The van der Waals surface area contributed by atoms with Gasteiger partial charge in [-0.05, 0) is 60.2 Å². The predicted octanol–water partition coefficient (Wildman–Crippen LogP) is 6.54. The minimum atomic E-state index is -0.184. The summed E-state index contributed by atoms with van der Waals surface area (Å²) in [4.78, 5) is 19.1. The number of thiazole rings is 1. The molecule has 0 aliphatic carbocycles. The zero-order valence-corrected chi connectivity index (χ0v) is 20.0. The van der Waals surface area contributed by atoms with Crippen LogP contribution in [0.5, 0.6) is 5.75 Å². The molecule has 0 unspecified atom stereocenters. The summed E-state index contributed by atoms with van der Waals surface area (Å²) >= 11 is 9.06. The third kappa shape index (κ3) is 4.66. The lowest BCUT2D eigenvalue weighted by atomic mass is 10.1. The average molecular weight is 492 g/mol. The molecule has 33 heavy (non-hydrogen) atoms. The fourth-order valence-electron chi connectivity index (χ4n) is 3.34. The second-order valence-electron chi connectivity index (χ2n) is 7.20. The molecule has 1 aromatic heterocycles. The van der Waals surface area contributed by atoms with Crippen molar-refractivity contribution in [2.24, 2.45) is 5.10 Å². The lowest BCUT2D eigenvalue weighted by Crippen LogP contribution is -2.21. The van der Waals surface area contributed by atoms with E-state index in [0.717, 1.165) is 26.4 Å². The number of carbonyl (C=O) groups excluding carboxylic acids is 1. The molecular formula is C25H18ClN3O2S2. The van der Waals surface area contributed by atoms with E-state index in [-0.39, 0.29) is 5.91 Å². The minimum absolute atomic E-state index is 0.184. The normalized spacial score (nSPS) is 14.8. The molecule has 1 amide bonds. The van der Waals surface area contributed by atoms with Crippen molar-refractivity contribution in [2.75, 3.05) is 17.9 Å². The van der Waals surface area contributed by atoms with Gasteiger partial charge in [-0.3, -0.25) is 4.79 Å². The number of benzene rings is 3. The first-order valence-electron chi connectivity index (χ1n) is 10.1. The summed E-state index contributed by atoms with van der Waals surface area (Å²) in [5.41, 5.74) is 3.01. The molecule has 0 saturated carbocycles. The van der Waals surface area contributed by atoms with E-state index in [4.69, 9.17) is 16.3 Å². The van der Waals surface area contributed by atoms with E-state index in [0.29, 0.717) is 27.2 Å². The Labute approximate surface area is 204 Å². The summed E-state index contributed by atoms with van der Waals surface area (Å²) in [7, 11) is 1.63. The smallest absolute Gasteiger partial charge is 0.282 e. The molecule has 0 fully saturated rings. The number of nitrogens with zero attached hydrogens (tertiary/aromatic N) is 3. The van der Waals surface area contributed by atoms with Crippen LogP contribution in [0.25, 0.3) is 16.3 Å². The van der Waals surface area contributed by atoms with E-state index in [2.05, 4.69) is 10.1 Å². The van der Waals surface area contributed by atoms with Crippen molar-refractivity contribution in [1.82, 2.24) is 4.98 Å². The first-order chi connectivity index (χ1) is 16.1. The monoisotopic (exact) mass is 491 g/mol. The molecule has 0 saturated heterocycles. The highest BCUT2D eigenvalue weighted by Crippen LogP contribution is 2.34. The summed E-state index contributed by atoms with van der Waals surface area (Å²) < 4.78 is 6.26. The van der Waals surface area contributed by atoms with Gasteiger partial charge in [-0.2, -0.15) is 10.1 Å². The minimum Gasteiger partial charge on any atom is -0.497 e. The Balaban J connectivity index is 1.49. The predicted molar refractivity (Wildman–Crippen MR) is 138 cm³/mol. The van der Waals surface area contributed by atoms with Gasteiger partial charge in [-0.1, -0.05) is 47.2 Å². The molecule has 8 heteroatoms. The quantitative estimate of drug-likeness (QED) is 0.227. The maximum absolute atomic E-state index is 13.4. The molecular weight excluding hydrogens is 474 g/mol. The van der Waals surface area contributed by atoms with Crippen LogP contribution in [0, 0.1) is 0 Å². The number of para-hydroxylation sites is 1. The summed E-state index contributed by atoms with van der Waals surface area (Å²) in [5, 5.41) is 7.35. The van der Waals surface area contributed by atoms with Gasteiger partial charge in [0.05, 0.1) is 28.6 Å².